The summed E-state index contributed by atoms with van der Waals surface area (Å²) >= 11 is 0. The molecule has 0 radical (unpaired) electrons. The maximum absolute atomic E-state index is 11.4. The van der Waals surface area contributed by atoms with Gasteiger partial charge in [0.05, 0.1) is 7.11 Å². The first-order valence-corrected chi connectivity index (χ1v) is 6.41. The molecule has 1 N–H and O–H groups in total. The van der Waals surface area contributed by atoms with Crippen molar-refractivity contribution < 1.29 is 14.3 Å². The summed E-state index contributed by atoms with van der Waals surface area (Å²) in [4.78, 5) is 11.4. The summed E-state index contributed by atoms with van der Waals surface area (Å²) in [7, 11) is 1.40. The van der Waals surface area contributed by atoms with E-state index in [4.69, 9.17) is 9.47 Å². The van der Waals surface area contributed by atoms with Gasteiger partial charge in [-0.2, -0.15) is 0 Å². The molecular formula is C15H19NO3. The molecule has 1 aliphatic heterocycles. The molecule has 19 heavy (non-hydrogen) atoms. The fourth-order valence-corrected chi connectivity index (χ4v) is 2.24. The first kappa shape index (κ1) is 13.6. The minimum absolute atomic E-state index is 0.00457. The summed E-state index contributed by atoms with van der Waals surface area (Å²) in [6, 6.07) is 7.64. The van der Waals surface area contributed by atoms with Gasteiger partial charge in [-0.15, -0.1) is 6.58 Å². The van der Waals surface area contributed by atoms with Crippen LogP contribution >= 0.6 is 0 Å². The highest BCUT2D eigenvalue weighted by atomic mass is 16.5. The van der Waals surface area contributed by atoms with E-state index in [1.165, 1.54) is 7.11 Å². The highest BCUT2D eigenvalue weighted by molar-refractivity contribution is 5.76. The molecule has 0 aromatic heterocycles. The van der Waals surface area contributed by atoms with Gasteiger partial charge in [-0.25, -0.2) is 0 Å². The molecule has 1 heterocycles. The second-order valence-corrected chi connectivity index (χ2v) is 4.56. The molecule has 4 heteroatoms. The number of para-hydroxylation sites is 1. The first-order valence-electron chi connectivity index (χ1n) is 6.41. The Kier molecular flexibility index (Phi) is 4.58. The van der Waals surface area contributed by atoms with Gasteiger partial charge < -0.3 is 14.8 Å². The number of allylic oxidation sites excluding steroid dienone is 1. The number of benzene rings is 1. The van der Waals surface area contributed by atoms with Crippen LogP contribution in [0.25, 0.3) is 0 Å². The molecule has 0 saturated carbocycles. The molecule has 1 fully saturated rings. The summed E-state index contributed by atoms with van der Waals surface area (Å²) < 4.78 is 10.7. The van der Waals surface area contributed by atoms with Crippen molar-refractivity contribution in [1.82, 2.24) is 5.32 Å². The van der Waals surface area contributed by atoms with Crippen molar-refractivity contribution in [2.75, 3.05) is 13.7 Å². The van der Waals surface area contributed by atoms with Gasteiger partial charge in [0.1, 0.15) is 17.9 Å². The Morgan fingerprint density at radius 2 is 2.32 bits per heavy atom. The van der Waals surface area contributed by atoms with Gasteiger partial charge in [0.2, 0.25) is 0 Å². The maximum atomic E-state index is 11.4. The van der Waals surface area contributed by atoms with Crippen LogP contribution in [0.1, 0.15) is 12.0 Å². The number of nitrogens with one attached hydrogen (secondary N) is 1. The van der Waals surface area contributed by atoms with Gasteiger partial charge >= 0.3 is 5.97 Å². The first-order chi connectivity index (χ1) is 9.24. The zero-order chi connectivity index (χ0) is 13.7. The minimum atomic E-state index is -0.262. The Hall–Kier alpha value is -1.81. The van der Waals surface area contributed by atoms with E-state index >= 15 is 0 Å². The molecule has 2 atom stereocenters. The van der Waals surface area contributed by atoms with Crippen LogP contribution in [0.5, 0.6) is 5.75 Å². The molecule has 102 valence electrons. The van der Waals surface area contributed by atoms with Crippen LogP contribution in [-0.2, 0) is 16.0 Å². The molecule has 0 unspecified atom stereocenters. The van der Waals surface area contributed by atoms with E-state index in [0.717, 1.165) is 17.7 Å². The highest BCUT2D eigenvalue weighted by Gasteiger charge is 2.31. The maximum Gasteiger partial charge on any atom is 0.323 e. The van der Waals surface area contributed by atoms with Crippen molar-refractivity contribution in [2.45, 2.75) is 25.0 Å². The molecule has 1 aromatic carbocycles. The summed E-state index contributed by atoms with van der Waals surface area (Å²) in [6.45, 7) is 4.40. The summed E-state index contributed by atoms with van der Waals surface area (Å²) in [5, 5.41) is 3.11. The van der Waals surface area contributed by atoms with E-state index in [1.807, 2.05) is 30.3 Å². The smallest absolute Gasteiger partial charge is 0.323 e. The molecule has 1 saturated heterocycles. The van der Waals surface area contributed by atoms with E-state index in [1.54, 1.807) is 0 Å². The summed E-state index contributed by atoms with van der Waals surface area (Å²) in [5.41, 5.74) is 1.11. The van der Waals surface area contributed by atoms with Crippen molar-refractivity contribution in [3.05, 3.63) is 42.5 Å². The van der Waals surface area contributed by atoms with E-state index in [0.29, 0.717) is 13.0 Å². The van der Waals surface area contributed by atoms with E-state index in [2.05, 4.69) is 11.9 Å². The standard InChI is InChI=1S/C15H19NO3/c1-3-6-11-7-4-5-8-14(11)19-12-9-13(16-10-12)15(17)18-2/h3-5,7-8,12-13,16H,1,6,9-10H2,2H3/t12-,13-/m0/s1. The average molecular weight is 261 g/mol. The Bertz CT molecular complexity index is 458. The van der Waals surface area contributed by atoms with Crippen molar-refractivity contribution >= 4 is 5.97 Å². The van der Waals surface area contributed by atoms with Gasteiger partial charge in [-0.05, 0) is 18.1 Å². The van der Waals surface area contributed by atoms with Crippen LogP contribution in [-0.4, -0.2) is 31.8 Å². The van der Waals surface area contributed by atoms with Crippen LogP contribution in [0.4, 0.5) is 0 Å². The normalized spacial score (nSPS) is 21.9. The molecule has 0 spiro atoms. The van der Waals surface area contributed by atoms with Crippen molar-refractivity contribution in [3.8, 4) is 5.75 Å². The molecule has 4 nitrogen and oxygen atoms in total. The average Bonchev–Trinajstić information content (AvgIpc) is 2.89. The van der Waals surface area contributed by atoms with Crippen molar-refractivity contribution in [2.24, 2.45) is 0 Å². The van der Waals surface area contributed by atoms with Crippen molar-refractivity contribution in [1.29, 1.82) is 0 Å². The lowest BCUT2D eigenvalue weighted by molar-refractivity contribution is -0.142. The van der Waals surface area contributed by atoms with E-state index in [-0.39, 0.29) is 18.1 Å². The van der Waals surface area contributed by atoms with Crippen LogP contribution in [0, 0.1) is 0 Å². The number of rotatable bonds is 5. The topological polar surface area (TPSA) is 47.6 Å². The Labute approximate surface area is 113 Å². The predicted molar refractivity (Wildman–Crippen MR) is 73.2 cm³/mol. The summed E-state index contributed by atoms with van der Waals surface area (Å²) in [6.07, 6.45) is 3.26. The van der Waals surface area contributed by atoms with Crippen LogP contribution in [0.3, 0.4) is 0 Å². The number of carbonyl (C=O) groups is 1. The number of esters is 1. The number of ether oxygens (including phenoxy) is 2. The van der Waals surface area contributed by atoms with Crippen LogP contribution in [0.15, 0.2) is 36.9 Å². The molecule has 0 bridgehead atoms. The lowest BCUT2D eigenvalue weighted by atomic mass is 10.1. The van der Waals surface area contributed by atoms with Gasteiger partial charge in [-0.1, -0.05) is 24.3 Å². The largest absolute Gasteiger partial charge is 0.489 e. The molecule has 0 aliphatic carbocycles. The quantitative estimate of drug-likeness (QED) is 0.647. The number of carbonyl (C=O) groups excluding carboxylic acids is 1. The third-order valence-corrected chi connectivity index (χ3v) is 3.21. The number of methoxy groups -OCH3 is 1. The monoisotopic (exact) mass is 261 g/mol. The second kappa shape index (κ2) is 6.38. The van der Waals surface area contributed by atoms with Gasteiger partial charge in [0.25, 0.3) is 0 Å². The third-order valence-electron chi connectivity index (χ3n) is 3.21. The zero-order valence-corrected chi connectivity index (χ0v) is 11.1. The Morgan fingerprint density at radius 1 is 1.53 bits per heavy atom. The molecule has 1 aromatic rings. The molecule has 2 rings (SSSR count). The van der Waals surface area contributed by atoms with Crippen LogP contribution < -0.4 is 10.1 Å². The zero-order valence-electron chi connectivity index (χ0n) is 11.1. The summed E-state index contributed by atoms with van der Waals surface area (Å²) in [5.74, 6) is 0.630. The third kappa shape index (κ3) is 3.35. The lowest BCUT2D eigenvalue weighted by Crippen LogP contribution is -2.31. The fraction of sp³-hybridized carbons (Fsp3) is 0.400. The Morgan fingerprint density at radius 3 is 3.05 bits per heavy atom. The Balaban J connectivity index is 1.99. The fourth-order valence-electron chi connectivity index (χ4n) is 2.24. The van der Waals surface area contributed by atoms with Gasteiger partial charge in [0.15, 0.2) is 0 Å². The second-order valence-electron chi connectivity index (χ2n) is 4.56. The van der Waals surface area contributed by atoms with Crippen LogP contribution in [0.2, 0.25) is 0 Å². The van der Waals surface area contributed by atoms with Gasteiger partial charge in [0, 0.05) is 13.0 Å². The molecule has 1 aliphatic rings. The van der Waals surface area contributed by atoms with E-state index in [9.17, 15) is 4.79 Å². The number of hydrogen-bond donors (Lipinski definition) is 1. The minimum Gasteiger partial charge on any atom is -0.489 e. The predicted octanol–water partition coefficient (Wildman–Crippen LogP) is 1.70. The number of hydrogen-bond acceptors (Lipinski definition) is 4. The van der Waals surface area contributed by atoms with E-state index < -0.39 is 0 Å². The highest BCUT2D eigenvalue weighted by Crippen LogP contribution is 2.23. The SMILES string of the molecule is C=CCc1ccccc1O[C@@H]1CN[C@H](C(=O)OC)C1. The van der Waals surface area contributed by atoms with Crippen molar-refractivity contribution in [3.63, 3.8) is 0 Å². The molecular weight excluding hydrogens is 242 g/mol. The molecule has 0 amide bonds. The van der Waals surface area contributed by atoms with Gasteiger partial charge in [-0.3, -0.25) is 4.79 Å². The lowest BCUT2D eigenvalue weighted by Gasteiger charge is -2.15.